The second-order valence-electron chi connectivity index (χ2n) is 3.98. The third-order valence-corrected chi connectivity index (χ3v) is 2.56. The zero-order valence-electron chi connectivity index (χ0n) is 10.3. The van der Waals surface area contributed by atoms with Gasteiger partial charge in [0.05, 0.1) is 11.1 Å². The van der Waals surface area contributed by atoms with Crippen molar-refractivity contribution in [3.05, 3.63) is 53.3 Å². The van der Waals surface area contributed by atoms with E-state index >= 15 is 0 Å². The molecule has 0 radical (unpaired) electrons. The van der Waals surface area contributed by atoms with Gasteiger partial charge in [0.1, 0.15) is 23.4 Å². The van der Waals surface area contributed by atoms with Gasteiger partial charge in [0.25, 0.3) is 5.91 Å². The number of halogens is 1. The molecule has 0 aliphatic rings. The molecule has 6 heteroatoms. The van der Waals surface area contributed by atoms with E-state index in [-0.39, 0.29) is 22.6 Å². The first-order chi connectivity index (χ1) is 9.51. The van der Waals surface area contributed by atoms with Gasteiger partial charge in [-0.1, -0.05) is 0 Å². The van der Waals surface area contributed by atoms with Crippen molar-refractivity contribution < 1.29 is 13.9 Å². The molecule has 20 heavy (non-hydrogen) atoms. The molecule has 2 rings (SSSR count). The zero-order chi connectivity index (χ0) is 14.7. The summed E-state index contributed by atoms with van der Waals surface area (Å²) in [7, 11) is 0. The molecule has 0 aromatic heterocycles. The van der Waals surface area contributed by atoms with Crippen LogP contribution in [0.3, 0.4) is 0 Å². The van der Waals surface area contributed by atoms with Crippen LogP contribution in [0.2, 0.25) is 0 Å². The molecule has 5 nitrogen and oxygen atoms in total. The maximum Gasteiger partial charge on any atom is 0.252 e. The molecule has 1 amide bonds. The third-order valence-electron chi connectivity index (χ3n) is 2.56. The number of primary amides is 1. The number of benzene rings is 2. The predicted molar refractivity (Wildman–Crippen MR) is 70.6 cm³/mol. The van der Waals surface area contributed by atoms with Crippen LogP contribution < -0.4 is 16.2 Å². The van der Waals surface area contributed by atoms with Crippen molar-refractivity contribution in [3.8, 4) is 17.6 Å². The number of nitrogens with two attached hydrogens (primary N) is 2. The van der Waals surface area contributed by atoms with Crippen molar-refractivity contribution in [2.24, 2.45) is 5.73 Å². The topological polar surface area (TPSA) is 102 Å². The van der Waals surface area contributed by atoms with E-state index in [0.29, 0.717) is 5.69 Å². The van der Waals surface area contributed by atoms with E-state index in [2.05, 4.69) is 0 Å². The van der Waals surface area contributed by atoms with Crippen molar-refractivity contribution in [3.63, 3.8) is 0 Å². The van der Waals surface area contributed by atoms with Crippen LogP contribution >= 0.6 is 0 Å². The summed E-state index contributed by atoms with van der Waals surface area (Å²) in [6, 6.07) is 9.78. The Morgan fingerprint density at radius 1 is 1.25 bits per heavy atom. The quantitative estimate of drug-likeness (QED) is 0.835. The maximum atomic E-state index is 13.5. The SMILES string of the molecule is N#Cc1ccc(Oc2cc(N)ccc2C(N)=O)cc1F. The largest absolute Gasteiger partial charge is 0.456 e. The smallest absolute Gasteiger partial charge is 0.252 e. The van der Waals surface area contributed by atoms with E-state index in [1.54, 1.807) is 6.07 Å². The van der Waals surface area contributed by atoms with Crippen LogP contribution in [-0.2, 0) is 0 Å². The lowest BCUT2D eigenvalue weighted by Gasteiger charge is -2.10. The highest BCUT2D eigenvalue weighted by molar-refractivity contribution is 5.96. The number of ether oxygens (including phenoxy) is 1. The molecule has 0 unspecified atom stereocenters. The van der Waals surface area contributed by atoms with Crippen LogP contribution in [0.4, 0.5) is 10.1 Å². The summed E-state index contributed by atoms with van der Waals surface area (Å²) < 4.78 is 18.9. The van der Waals surface area contributed by atoms with Gasteiger partial charge < -0.3 is 16.2 Å². The average molecular weight is 271 g/mol. The Labute approximate surface area is 114 Å². The molecule has 100 valence electrons. The minimum atomic E-state index is -0.713. The summed E-state index contributed by atoms with van der Waals surface area (Å²) in [5, 5.41) is 8.64. The first-order valence-corrected chi connectivity index (χ1v) is 5.58. The van der Waals surface area contributed by atoms with Gasteiger partial charge in [0, 0.05) is 17.8 Å². The van der Waals surface area contributed by atoms with E-state index in [9.17, 15) is 9.18 Å². The Kier molecular flexibility index (Phi) is 3.53. The highest BCUT2D eigenvalue weighted by Gasteiger charge is 2.12. The first kappa shape index (κ1) is 13.4. The second kappa shape index (κ2) is 5.28. The molecule has 2 aromatic rings. The lowest BCUT2D eigenvalue weighted by molar-refractivity contribution is 0.0998. The number of nitriles is 1. The monoisotopic (exact) mass is 271 g/mol. The van der Waals surface area contributed by atoms with Gasteiger partial charge in [-0.3, -0.25) is 4.79 Å². The molecule has 4 N–H and O–H groups in total. The normalized spacial score (nSPS) is 9.80. The predicted octanol–water partition coefficient (Wildman–Crippen LogP) is 2.17. The summed E-state index contributed by atoms with van der Waals surface area (Å²) in [6.07, 6.45) is 0. The van der Waals surface area contributed by atoms with Gasteiger partial charge in [-0.2, -0.15) is 5.26 Å². The van der Waals surface area contributed by atoms with E-state index in [1.807, 2.05) is 0 Å². The van der Waals surface area contributed by atoms with Crippen molar-refractivity contribution in [1.29, 1.82) is 5.26 Å². The van der Waals surface area contributed by atoms with Gasteiger partial charge in [0.15, 0.2) is 0 Å². The molecule has 0 saturated heterocycles. The Balaban J connectivity index is 2.39. The summed E-state index contributed by atoms with van der Waals surface area (Å²) in [5.74, 6) is -1.14. The van der Waals surface area contributed by atoms with Crippen LogP contribution in [0.25, 0.3) is 0 Å². The molecule has 0 spiro atoms. The van der Waals surface area contributed by atoms with Crippen molar-refractivity contribution >= 4 is 11.6 Å². The lowest BCUT2D eigenvalue weighted by Crippen LogP contribution is -2.12. The Hall–Kier alpha value is -3.07. The molecule has 0 fully saturated rings. The number of hydrogen-bond donors (Lipinski definition) is 2. The van der Waals surface area contributed by atoms with Crippen molar-refractivity contribution in [2.45, 2.75) is 0 Å². The minimum absolute atomic E-state index is 0.0972. The van der Waals surface area contributed by atoms with Crippen molar-refractivity contribution in [2.75, 3.05) is 5.73 Å². The highest BCUT2D eigenvalue weighted by Crippen LogP contribution is 2.28. The number of carbonyl (C=O) groups is 1. The van der Waals surface area contributed by atoms with Gasteiger partial charge in [0.2, 0.25) is 0 Å². The number of amides is 1. The van der Waals surface area contributed by atoms with Gasteiger partial charge in [-0.15, -0.1) is 0 Å². The lowest BCUT2D eigenvalue weighted by atomic mass is 10.1. The fourth-order valence-electron chi connectivity index (χ4n) is 1.60. The van der Waals surface area contributed by atoms with Gasteiger partial charge in [-0.05, 0) is 24.3 Å². The molecule has 2 aromatic carbocycles. The highest BCUT2D eigenvalue weighted by atomic mass is 19.1. The van der Waals surface area contributed by atoms with Crippen LogP contribution in [-0.4, -0.2) is 5.91 Å². The molecule has 0 bridgehead atoms. The average Bonchev–Trinajstić information content (AvgIpc) is 2.38. The number of carbonyl (C=O) groups excluding carboxylic acids is 1. The van der Waals surface area contributed by atoms with Gasteiger partial charge in [-0.25, -0.2) is 4.39 Å². The van der Waals surface area contributed by atoms with Crippen LogP contribution in [0.5, 0.6) is 11.5 Å². The van der Waals surface area contributed by atoms with E-state index in [4.69, 9.17) is 21.5 Å². The van der Waals surface area contributed by atoms with Crippen LogP contribution in [0.15, 0.2) is 36.4 Å². The molecule has 0 heterocycles. The van der Waals surface area contributed by atoms with E-state index < -0.39 is 11.7 Å². The second-order valence-corrected chi connectivity index (χ2v) is 3.98. The zero-order valence-corrected chi connectivity index (χ0v) is 10.3. The number of nitrogen functional groups attached to an aromatic ring is 1. The molecular weight excluding hydrogens is 261 g/mol. The summed E-state index contributed by atoms with van der Waals surface area (Å²) in [4.78, 5) is 11.3. The molecular formula is C14H10FN3O2. The number of nitrogens with zero attached hydrogens (tertiary/aromatic N) is 1. The standard InChI is InChI=1S/C14H10FN3O2/c15-12-6-10(3-1-8(12)7-16)20-13-5-9(17)2-4-11(13)14(18)19/h1-6H,17H2,(H2,18,19). The van der Waals surface area contributed by atoms with Crippen molar-refractivity contribution in [1.82, 2.24) is 0 Å². The third kappa shape index (κ3) is 2.67. The molecule has 0 aliphatic heterocycles. The fourth-order valence-corrected chi connectivity index (χ4v) is 1.60. The molecule has 0 atom stereocenters. The van der Waals surface area contributed by atoms with Crippen LogP contribution in [0.1, 0.15) is 15.9 Å². The summed E-state index contributed by atoms with van der Waals surface area (Å²) in [6.45, 7) is 0. The molecule has 0 saturated carbocycles. The summed E-state index contributed by atoms with van der Waals surface area (Å²) >= 11 is 0. The fraction of sp³-hybridized carbons (Fsp3) is 0. The number of rotatable bonds is 3. The first-order valence-electron chi connectivity index (χ1n) is 5.58. The minimum Gasteiger partial charge on any atom is -0.456 e. The Morgan fingerprint density at radius 2 is 2.00 bits per heavy atom. The molecule has 0 aliphatic carbocycles. The van der Waals surface area contributed by atoms with E-state index in [0.717, 1.165) is 6.07 Å². The number of hydrogen-bond acceptors (Lipinski definition) is 4. The van der Waals surface area contributed by atoms with Crippen LogP contribution in [0, 0.1) is 17.1 Å². The van der Waals surface area contributed by atoms with E-state index in [1.165, 1.54) is 30.3 Å². The summed E-state index contributed by atoms with van der Waals surface area (Å²) in [5.41, 5.74) is 11.2. The Bertz CT molecular complexity index is 723. The Morgan fingerprint density at radius 3 is 2.60 bits per heavy atom. The maximum absolute atomic E-state index is 13.5. The number of anilines is 1. The van der Waals surface area contributed by atoms with Gasteiger partial charge >= 0.3 is 0 Å².